The minimum atomic E-state index is -0.354. The molecule has 1 aliphatic carbocycles. The summed E-state index contributed by atoms with van der Waals surface area (Å²) in [6.45, 7) is 5.25. The summed E-state index contributed by atoms with van der Waals surface area (Å²) in [4.78, 5) is 11.3. The maximum Gasteiger partial charge on any atom is 0.341 e. The van der Waals surface area contributed by atoms with Gasteiger partial charge in [0.05, 0.1) is 19.2 Å². The van der Waals surface area contributed by atoms with Crippen LogP contribution >= 0.6 is 0 Å². The highest BCUT2D eigenvalue weighted by molar-refractivity contribution is 5.88. The first-order valence-corrected chi connectivity index (χ1v) is 6.51. The van der Waals surface area contributed by atoms with Crippen LogP contribution in [0, 0.1) is 11.8 Å². The number of carbonyl (C=O) groups is 1. The summed E-state index contributed by atoms with van der Waals surface area (Å²) in [7, 11) is 1.37. The Balaban J connectivity index is 1.87. The fourth-order valence-electron chi connectivity index (χ4n) is 2.58. The molecule has 1 saturated carbocycles. The highest BCUT2D eigenvalue weighted by Crippen LogP contribution is 2.31. The third-order valence-electron chi connectivity index (χ3n) is 4.08. The molecule has 1 aliphatic rings. The van der Waals surface area contributed by atoms with E-state index in [4.69, 9.17) is 4.42 Å². The van der Waals surface area contributed by atoms with E-state index in [2.05, 4.69) is 23.9 Å². The predicted molar refractivity (Wildman–Crippen MR) is 68.2 cm³/mol. The standard InChI is InChI=1S/C14H21NO3/c1-9-4-5-13(10(9)2)15-7-12-6-11(8-18-12)14(16)17-3/h6,8-10,13,15H,4-5,7H2,1-3H3. The number of esters is 1. The number of rotatable bonds is 4. The lowest BCUT2D eigenvalue weighted by molar-refractivity contribution is 0.0600. The van der Waals surface area contributed by atoms with Crippen molar-refractivity contribution in [3.8, 4) is 0 Å². The average molecular weight is 251 g/mol. The van der Waals surface area contributed by atoms with Crippen molar-refractivity contribution in [1.29, 1.82) is 0 Å². The molecular weight excluding hydrogens is 230 g/mol. The fraction of sp³-hybridized carbons (Fsp3) is 0.643. The van der Waals surface area contributed by atoms with Gasteiger partial charge in [-0.15, -0.1) is 0 Å². The molecule has 1 aromatic heterocycles. The van der Waals surface area contributed by atoms with E-state index < -0.39 is 0 Å². The Morgan fingerprint density at radius 3 is 2.89 bits per heavy atom. The Kier molecular flexibility index (Phi) is 4.07. The summed E-state index contributed by atoms with van der Waals surface area (Å²) in [5.41, 5.74) is 0.474. The summed E-state index contributed by atoms with van der Waals surface area (Å²) >= 11 is 0. The van der Waals surface area contributed by atoms with E-state index >= 15 is 0 Å². The van der Waals surface area contributed by atoms with Gasteiger partial charge in [-0.05, 0) is 30.7 Å². The number of ether oxygens (including phenoxy) is 1. The van der Waals surface area contributed by atoms with Crippen molar-refractivity contribution in [1.82, 2.24) is 5.32 Å². The summed E-state index contributed by atoms with van der Waals surface area (Å²) in [6.07, 6.45) is 3.95. The highest BCUT2D eigenvalue weighted by atomic mass is 16.5. The maximum atomic E-state index is 11.3. The molecule has 1 N–H and O–H groups in total. The van der Waals surface area contributed by atoms with E-state index in [1.807, 2.05) is 0 Å². The Hall–Kier alpha value is -1.29. The molecule has 0 amide bonds. The molecule has 100 valence electrons. The molecule has 0 aromatic carbocycles. The summed E-state index contributed by atoms with van der Waals surface area (Å²) < 4.78 is 9.99. The quantitative estimate of drug-likeness (QED) is 0.836. The van der Waals surface area contributed by atoms with Crippen molar-refractivity contribution in [2.24, 2.45) is 11.8 Å². The van der Waals surface area contributed by atoms with Crippen LogP contribution < -0.4 is 5.32 Å². The molecule has 2 rings (SSSR count). The third-order valence-corrected chi connectivity index (χ3v) is 4.08. The van der Waals surface area contributed by atoms with Gasteiger partial charge in [0.2, 0.25) is 0 Å². The van der Waals surface area contributed by atoms with Gasteiger partial charge in [0, 0.05) is 6.04 Å². The van der Waals surface area contributed by atoms with E-state index in [9.17, 15) is 4.79 Å². The van der Waals surface area contributed by atoms with E-state index in [1.165, 1.54) is 26.2 Å². The molecule has 0 bridgehead atoms. The number of nitrogens with one attached hydrogen (secondary N) is 1. The van der Waals surface area contributed by atoms with Gasteiger partial charge in [-0.2, -0.15) is 0 Å². The zero-order chi connectivity index (χ0) is 13.1. The first kappa shape index (κ1) is 13.1. The van der Waals surface area contributed by atoms with E-state index in [1.54, 1.807) is 6.07 Å². The Labute approximate surface area is 108 Å². The second kappa shape index (κ2) is 5.57. The number of hydrogen-bond acceptors (Lipinski definition) is 4. The number of hydrogen-bond donors (Lipinski definition) is 1. The Morgan fingerprint density at radius 2 is 2.28 bits per heavy atom. The van der Waals surface area contributed by atoms with Crippen LogP contribution in [0.4, 0.5) is 0 Å². The highest BCUT2D eigenvalue weighted by Gasteiger charge is 2.29. The molecule has 1 aromatic rings. The van der Waals surface area contributed by atoms with Gasteiger partial charge in [0.25, 0.3) is 0 Å². The van der Waals surface area contributed by atoms with Gasteiger partial charge in [-0.1, -0.05) is 13.8 Å². The maximum absolute atomic E-state index is 11.3. The van der Waals surface area contributed by atoms with Crippen LogP contribution in [0.1, 0.15) is 42.8 Å². The monoisotopic (exact) mass is 251 g/mol. The molecular formula is C14H21NO3. The smallest absolute Gasteiger partial charge is 0.341 e. The van der Waals surface area contributed by atoms with Crippen LogP contribution in [-0.4, -0.2) is 19.1 Å². The zero-order valence-electron chi connectivity index (χ0n) is 11.2. The van der Waals surface area contributed by atoms with Crippen LogP contribution in [0.2, 0.25) is 0 Å². The minimum absolute atomic E-state index is 0.354. The fourth-order valence-corrected chi connectivity index (χ4v) is 2.58. The van der Waals surface area contributed by atoms with Gasteiger partial charge in [-0.3, -0.25) is 0 Å². The molecule has 1 fully saturated rings. The molecule has 1 heterocycles. The first-order valence-electron chi connectivity index (χ1n) is 6.51. The van der Waals surface area contributed by atoms with E-state index in [0.717, 1.165) is 11.7 Å². The minimum Gasteiger partial charge on any atom is -0.467 e. The van der Waals surface area contributed by atoms with Gasteiger partial charge in [0.1, 0.15) is 12.0 Å². The van der Waals surface area contributed by atoms with Gasteiger partial charge >= 0.3 is 5.97 Å². The zero-order valence-corrected chi connectivity index (χ0v) is 11.2. The number of carbonyl (C=O) groups excluding carboxylic acids is 1. The second-order valence-corrected chi connectivity index (χ2v) is 5.19. The van der Waals surface area contributed by atoms with Crippen molar-refractivity contribution in [2.75, 3.05) is 7.11 Å². The van der Waals surface area contributed by atoms with Crippen LogP contribution in [0.5, 0.6) is 0 Å². The molecule has 3 atom stereocenters. The lowest BCUT2D eigenvalue weighted by Gasteiger charge is -2.18. The van der Waals surface area contributed by atoms with Crippen molar-refractivity contribution in [3.05, 3.63) is 23.7 Å². The normalized spacial score (nSPS) is 27.4. The molecule has 0 saturated heterocycles. The summed E-state index contributed by atoms with van der Waals surface area (Å²) in [6, 6.07) is 2.29. The average Bonchev–Trinajstić information content (AvgIpc) is 2.96. The van der Waals surface area contributed by atoms with Gasteiger partial charge in [-0.25, -0.2) is 4.79 Å². The molecule has 18 heavy (non-hydrogen) atoms. The van der Waals surface area contributed by atoms with Crippen LogP contribution in [0.15, 0.2) is 16.7 Å². The lowest BCUT2D eigenvalue weighted by Crippen LogP contribution is -2.31. The molecule has 4 heteroatoms. The Bertz CT molecular complexity index is 413. The first-order chi connectivity index (χ1) is 8.61. The van der Waals surface area contributed by atoms with E-state index in [-0.39, 0.29) is 5.97 Å². The van der Waals surface area contributed by atoms with Crippen LogP contribution in [-0.2, 0) is 11.3 Å². The summed E-state index contributed by atoms with van der Waals surface area (Å²) in [5.74, 6) is 1.90. The second-order valence-electron chi connectivity index (χ2n) is 5.19. The topological polar surface area (TPSA) is 51.5 Å². The number of methoxy groups -OCH3 is 1. The van der Waals surface area contributed by atoms with Crippen molar-refractivity contribution in [3.63, 3.8) is 0 Å². The molecule has 0 aliphatic heterocycles. The van der Waals surface area contributed by atoms with Crippen molar-refractivity contribution >= 4 is 5.97 Å². The van der Waals surface area contributed by atoms with Crippen LogP contribution in [0.25, 0.3) is 0 Å². The van der Waals surface area contributed by atoms with Crippen LogP contribution in [0.3, 0.4) is 0 Å². The predicted octanol–water partition coefficient (Wildman–Crippen LogP) is 2.59. The molecule has 4 nitrogen and oxygen atoms in total. The third kappa shape index (κ3) is 2.75. The Morgan fingerprint density at radius 1 is 1.50 bits per heavy atom. The van der Waals surface area contributed by atoms with Gasteiger partial charge in [0.15, 0.2) is 0 Å². The number of furan rings is 1. The van der Waals surface area contributed by atoms with Crippen molar-refractivity contribution in [2.45, 2.75) is 39.3 Å². The molecule has 0 radical (unpaired) electrons. The van der Waals surface area contributed by atoms with Crippen molar-refractivity contribution < 1.29 is 13.9 Å². The van der Waals surface area contributed by atoms with Gasteiger partial charge < -0.3 is 14.5 Å². The SMILES string of the molecule is COC(=O)c1coc(CNC2CCC(C)C2C)c1. The lowest BCUT2D eigenvalue weighted by atomic mass is 9.98. The molecule has 3 unspecified atom stereocenters. The van der Waals surface area contributed by atoms with E-state index in [0.29, 0.717) is 24.1 Å². The largest absolute Gasteiger partial charge is 0.467 e. The molecule has 0 spiro atoms. The summed E-state index contributed by atoms with van der Waals surface area (Å²) in [5, 5.41) is 3.50.